The zero-order valence-electron chi connectivity index (χ0n) is 23.3. The molecule has 17 heteroatoms. The molecule has 0 spiro atoms. The SMILES string of the molecule is CC(C)(CO)C(=O)SCCO[P@](=O)(NCc1ccccc1)OC[C@H]1O[C@@H](n2cnc3c(=O)[nH]c(N)nc32)[C@](C)(O)[C@@H]1O. The van der Waals surface area contributed by atoms with E-state index in [2.05, 4.69) is 20.0 Å². The number of fused-ring (bicyclic) bond motifs is 1. The standard InChI is InChI=1S/C25H35N6O9PS/c1-24(2,13-32)22(35)42-10-9-38-41(37,28-11-15-7-5-4-6-8-15)39-12-16-18(33)25(3,36)21(40-16)31-14-27-17-19(31)29-23(26)30-20(17)34/h4-8,14,16,18,21,32-33,36H,9-13H2,1-3H3,(H,28,37)(H3,26,29,30,34)/t16-,18-,21-,25-,41-/m1/s1. The number of nitrogens with one attached hydrogen (secondary N) is 2. The molecule has 0 saturated carbocycles. The molecule has 1 aliphatic heterocycles. The fourth-order valence-electron chi connectivity index (χ4n) is 4.13. The van der Waals surface area contributed by atoms with Crippen LogP contribution in [0.1, 0.15) is 32.6 Å². The number of rotatable bonds is 13. The molecule has 0 aliphatic carbocycles. The molecule has 4 rings (SSSR count). The van der Waals surface area contributed by atoms with E-state index in [9.17, 15) is 29.5 Å². The summed E-state index contributed by atoms with van der Waals surface area (Å²) < 4.78 is 32.1. The lowest BCUT2D eigenvalue weighted by Gasteiger charge is -2.27. The van der Waals surface area contributed by atoms with Crippen LogP contribution in [0.4, 0.5) is 5.95 Å². The lowest BCUT2D eigenvalue weighted by Crippen LogP contribution is -2.44. The molecule has 0 radical (unpaired) electrons. The number of carbonyl (C=O) groups excluding carboxylic acids is 1. The summed E-state index contributed by atoms with van der Waals surface area (Å²) in [5.41, 5.74) is 3.04. The Morgan fingerprint density at radius 2 is 2.05 bits per heavy atom. The second kappa shape index (κ2) is 12.9. The van der Waals surface area contributed by atoms with E-state index in [1.54, 1.807) is 13.8 Å². The van der Waals surface area contributed by atoms with E-state index in [0.717, 1.165) is 17.3 Å². The second-order valence-electron chi connectivity index (χ2n) is 10.6. The van der Waals surface area contributed by atoms with Crippen molar-refractivity contribution in [3.05, 3.63) is 52.6 Å². The summed E-state index contributed by atoms with van der Waals surface area (Å²) >= 11 is 0.934. The zero-order valence-corrected chi connectivity index (χ0v) is 25.0. The average molecular weight is 627 g/mol. The zero-order chi connectivity index (χ0) is 30.7. The first-order valence-electron chi connectivity index (χ1n) is 13.0. The van der Waals surface area contributed by atoms with Crippen LogP contribution in [0.2, 0.25) is 0 Å². The summed E-state index contributed by atoms with van der Waals surface area (Å²) in [5, 5.41) is 34.0. The molecule has 0 unspecified atom stereocenters. The number of aromatic amines is 1. The lowest BCUT2D eigenvalue weighted by atomic mass is 9.96. The van der Waals surface area contributed by atoms with Crippen molar-refractivity contribution in [2.75, 3.05) is 31.3 Å². The van der Waals surface area contributed by atoms with Gasteiger partial charge in [-0.15, -0.1) is 0 Å². The van der Waals surface area contributed by atoms with Gasteiger partial charge in [-0.2, -0.15) is 4.98 Å². The van der Waals surface area contributed by atoms with Crippen molar-refractivity contribution in [1.82, 2.24) is 24.6 Å². The topological polar surface area (TPSA) is 224 Å². The Morgan fingerprint density at radius 3 is 2.74 bits per heavy atom. The summed E-state index contributed by atoms with van der Waals surface area (Å²) in [6.45, 7) is 3.78. The first-order valence-corrected chi connectivity index (χ1v) is 15.5. The monoisotopic (exact) mass is 626 g/mol. The third-order valence-corrected chi connectivity index (χ3v) is 9.45. The van der Waals surface area contributed by atoms with Gasteiger partial charge >= 0.3 is 7.75 Å². The molecule has 230 valence electrons. The van der Waals surface area contributed by atoms with Gasteiger partial charge in [-0.05, 0) is 26.3 Å². The summed E-state index contributed by atoms with van der Waals surface area (Å²) in [4.78, 5) is 34.9. The predicted molar refractivity (Wildman–Crippen MR) is 154 cm³/mol. The highest BCUT2D eigenvalue weighted by Crippen LogP contribution is 2.46. The molecule has 2 aromatic heterocycles. The number of hydrogen-bond donors (Lipinski definition) is 6. The number of ether oxygens (including phenoxy) is 1. The summed E-state index contributed by atoms with van der Waals surface area (Å²) in [6.07, 6.45) is -2.72. The molecule has 1 aromatic carbocycles. The maximum Gasteiger partial charge on any atom is 0.405 e. The van der Waals surface area contributed by atoms with Crippen LogP contribution >= 0.6 is 19.5 Å². The number of nitrogens with two attached hydrogens (primary N) is 1. The van der Waals surface area contributed by atoms with E-state index in [0.29, 0.717) is 0 Å². The summed E-state index contributed by atoms with van der Waals surface area (Å²) in [7, 11) is -4.04. The van der Waals surface area contributed by atoms with Crippen LogP contribution in [0.25, 0.3) is 11.2 Å². The van der Waals surface area contributed by atoms with Gasteiger partial charge in [0.1, 0.15) is 17.8 Å². The van der Waals surface area contributed by atoms with E-state index < -0.39 is 49.4 Å². The first-order chi connectivity index (χ1) is 19.8. The number of anilines is 1. The van der Waals surface area contributed by atoms with Gasteiger partial charge in [0.2, 0.25) is 5.95 Å². The molecule has 0 bridgehead atoms. The van der Waals surface area contributed by atoms with Crippen LogP contribution in [0.15, 0.2) is 41.5 Å². The minimum absolute atomic E-state index is 0.0326. The molecule has 3 aromatic rings. The first kappa shape index (κ1) is 32.3. The molecule has 1 aliphatic rings. The molecular formula is C25H35N6O9PS. The quantitative estimate of drug-likeness (QED) is 0.115. The van der Waals surface area contributed by atoms with Gasteiger partial charge in [0, 0.05) is 12.3 Å². The molecule has 3 heterocycles. The van der Waals surface area contributed by atoms with Crippen molar-refractivity contribution < 1.29 is 38.5 Å². The molecule has 1 fully saturated rings. The summed E-state index contributed by atoms with van der Waals surface area (Å²) in [6, 6.07) is 9.10. The number of aromatic nitrogens is 4. The van der Waals surface area contributed by atoms with Crippen LogP contribution in [0.3, 0.4) is 0 Å². The van der Waals surface area contributed by atoms with Crippen molar-refractivity contribution in [3.8, 4) is 0 Å². The normalized spacial score (nSPS) is 24.2. The van der Waals surface area contributed by atoms with E-state index in [1.807, 2.05) is 30.3 Å². The van der Waals surface area contributed by atoms with Crippen molar-refractivity contribution in [3.63, 3.8) is 0 Å². The lowest BCUT2D eigenvalue weighted by molar-refractivity contribution is -0.119. The van der Waals surface area contributed by atoms with Gasteiger partial charge in [-0.3, -0.25) is 28.2 Å². The van der Waals surface area contributed by atoms with E-state index in [-0.39, 0.29) is 47.7 Å². The van der Waals surface area contributed by atoms with E-state index in [4.69, 9.17) is 19.5 Å². The molecule has 1 saturated heterocycles. The highest BCUT2D eigenvalue weighted by molar-refractivity contribution is 8.13. The maximum absolute atomic E-state index is 13.7. The number of H-pyrrole nitrogens is 1. The van der Waals surface area contributed by atoms with Gasteiger partial charge < -0.3 is 25.8 Å². The van der Waals surface area contributed by atoms with Crippen molar-refractivity contribution >= 4 is 41.7 Å². The smallest absolute Gasteiger partial charge is 0.395 e. The molecule has 0 amide bonds. The van der Waals surface area contributed by atoms with Gasteiger partial charge in [0.05, 0.1) is 31.6 Å². The Hall–Kier alpha value is -2.66. The molecular weight excluding hydrogens is 591 g/mol. The van der Waals surface area contributed by atoms with Gasteiger partial charge in [0.25, 0.3) is 5.56 Å². The molecule has 42 heavy (non-hydrogen) atoms. The second-order valence-corrected chi connectivity index (χ2v) is 13.5. The number of imidazole rings is 1. The van der Waals surface area contributed by atoms with Crippen LogP contribution in [-0.4, -0.2) is 83.3 Å². The van der Waals surface area contributed by atoms with Crippen LogP contribution in [0, 0.1) is 5.41 Å². The maximum atomic E-state index is 13.7. The average Bonchev–Trinajstić information content (AvgIpc) is 3.47. The highest BCUT2D eigenvalue weighted by atomic mass is 32.2. The number of thioether (sulfide) groups is 1. The van der Waals surface area contributed by atoms with Crippen molar-refractivity contribution in [2.24, 2.45) is 5.41 Å². The Balaban J connectivity index is 1.46. The number of aliphatic hydroxyl groups excluding tert-OH is 2. The minimum Gasteiger partial charge on any atom is -0.395 e. The minimum atomic E-state index is -4.04. The Morgan fingerprint density at radius 1 is 1.33 bits per heavy atom. The van der Waals surface area contributed by atoms with Crippen molar-refractivity contribution in [2.45, 2.75) is 51.4 Å². The molecule has 7 N–H and O–H groups in total. The fraction of sp³-hybridized carbons (Fsp3) is 0.520. The predicted octanol–water partition coefficient (Wildman–Crippen LogP) is 0.921. The third-order valence-electron chi connectivity index (χ3n) is 6.71. The van der Waals surface area contributed by atoms with E-state index in [1.165, 1.54) is 17.8 Å². The van der Waals surface area contributed by atoms with Gasteiger partial charge in [-0.1, -0.05) is 42.1 Å². The fourth-order valence-corrected chi connectivity index (χ4v) is 6.37. The number of hydrogen-bond acceptors (Lipinski definition) is 13. The number of nitrogens with zero attached hydrogens (tertiary/aromatic N) is 3. The van der Waals surface area contributed by atoms with Crippen molar-refractivity contribution in [1.29, 1.82) is 0 Å². The van der Waals surface area contributed by atoms with Crippen LogP contribution < -0.4 is 16.4 Å². The van der Waals surface area contributed by atoms with Crippen LogP contribution in [-0.2, 0) is 29.7 Å². The van der Waals surface area contributed by atoms with Gasteiger partial charge in [-0.25, -0.2) is 14.6 Å². The number of aliphatic hydroxyl groups is 3. The number of carbonyl (C=O) groups is 1. The summed E-state index contributed by atoms with van der Waals surface area (Å²) in [5.74, 6) is -0.0278. The Labute approximate surface area is 245 Å². The van der Waals surface area contributed by atoms with Gasteiger partial charge in [0.15, 0.2) is 22.5 Å². The third kappa shape index (κ3) is 7.10. The Bertz CT molecular complexity index is 1500. The number of benzene rings is 1. The molecule has 5 atom stereocenters. The highest BCUT2D eigenvalue weighted by Gasteiger charge is 2.54. The van der Waals surface area contributed by atoms with E-state index >= 15 is 0 Å². The Kier molecular flexibility index (Phi) is 9.92. The number of nitrogen functional groups attached to an aromatic ring is 1. The molecule has 15 nitrogen and oxygen atoms in total. The largest absolute Gasteiger partial charge is 0.405 e. The van der Waals surface area contributed by atoms with Crippen LogP contribution in [0.5, 0.6) is 0 Å².